The van der Waals surface area contributed by atoms with Gasteiger partial charge in [-0.05, 0) is 24.1 Å². The highest BCUT2D eigenvalue weighted by Crippen LogP contribution is 2.12. The van der Waals surface area contributed by atoms with Crippen LogP contribution in [0.2, 0.25) is 0 Å². The molecule has 0 amide bonds. The number of rotatable bonds is 4. The summed E-state index contributed by atoms with van der Waals surface area (Å²) in [5.74, 6) is 0.153. The van der Waals surface area contributed by atoms with Crippen LogP contribution in [-0.4, -0.2) is 26.6 Å². The number of hydrogen-bond donors (Lipinski definition) is 2. The first kappa shape index (κ1) is 11.4. The number of hydrogen-bond acceptors (Lipinski definition) is 2. The molecule has 82 valence electrons. The molecule has 0 aromatic heterocycles. The van der Waals surface area contributed by atoms with E-state index < -0.39 is 0 Å². The van der Waals surface area contributed by atoms with Crippen molar-refractivity contribution in [3.8, 4) is 0 Å². The Bertz CT molecular complexity index is 323. The highest BCUT2D eigenvalue weighted by molar-refractivity contribution is 5.75. The number of guanidine groups is 1. The van der Waals surface area contributed by atoms with E-state index in [4.69, 9.17) is 11.5 Å². The first-order chi connectivity index (χ1) is 7.09. The zero-order valence-electron chi connectivity index (χ0n) is 9.27. The topological polar surface area (TPSA) is 67.6 Å². The molecule has 0 unspecified atom stereocenters. The summed E-state index contributed by atoms with van der Waals surface area (Å²) in [5, 5.41) is 0. The fourth-order valence-corrected chi connectivity index (χ4v) is 1.27. The molecule has 0 saturated carbocycles. The van der Waals surface area contributed by atoms with Gasteiger partial charge in [-0.2, -0.15) is 0 Å². The molecular formula is C11H18N4. The molecule has 0 heterocycles. The third kappa shape index (κ3) is 3.89. The van der Waals surface area contributed by atoms with Crippen molar-refractivity contribution in [2.24, 2.45) is 16.5 Å². The molecular weight excluding hydrogens is 188 g/mol. The third-order valence-electron chi connectivity index (χ3n) is 2.15. The Hall–Kier alpha value is -1.71. The zero-order chi connectivity index (χ0) is 11.3. The Kier molecular flexibility index (Phi) is 3.97. The van der Waals surface area contributed by atoms with Gasteiger partial charge in [0.05, 0.1) is 0 Å². The Balaban J connectivity index is 2.53. The summed E-state index contributed by atoms with van der Waals surface area (Å²) < 4.78 is 0. The number of nitrogens with zero attached hydrogens (tertiary/aromatic N) is 2. The quantitative estimate of drug-likeness (QED) is 0.559. The van der Waals surface area contributed by atoms with Crippen molar-refractivity contribution in [1.29, 1.82) is 0 Å². The van der Waals surface area contributed by atoms with E-state index in [2.05, 4.69) is 34.2 Å². The number of nitrogens with two attached hydrogens (primary N) is 2. The van der Waals surface area contributed by atoms with Gasteiger partial charge >= 0.3 is 0 Å². The Labute approximate surface area is 90.6 Å². The van der Waals surface area contributed by atoms with Gasteiger partial charge in [-0.3, -0.25) is 4.99 Å². The zero-order valence-corrected chi connectivity index (χ0v) is 9.27. The van der Waals surface area contributed by atoms with Crippen LogP contribution in [-0.2, 0) is 6.42 Å². The molecule has 0 radical (unpaired) electrons. The van der Waals surface area contributed by atoms with Crippen LogP contribution in [0.15, 0.2) is 29.3 Å². The predicted molar refractivity (Wildman–Crippen MR) is 65.1 cm³/mol. The summed E-state index contributed by atoms with van der Waals surface area (Å²) in [6.45, 7) is 0.643. The van der Waals surface area contributed by atoms with Crippen molar-refractivity contribution in [2.45, 2.75) is 6.42 Å². The van der Waals surface area contributed by atoms with Crippen LogP contribution in [0.25, 0.3) is 0 Å². The second kappa shape index (κ2) is 5.24. The maximum Gasteiger partial charge on any atom is 0.185 e. The van der Waals surface area contributed by atoms with E-state index in [9.17, 15) is 0 Å². The summed E-state index contributed by atoms with van der Waals surface area (Å²) in [6.07, 6.45) is 0.867. The molecule has 4 heteroatoms. The van der Waals surface area contributed by atoms with Gasteiger partial charge in [0.2, 0.25) is 0 Å². The van der Waals surface area contributed by atoms with E-state index in [1.807, 2.05) is 14.1 Å². The summed E-state index contributed by atoms with van der Waals surface area (Å²) in [7, 11) is 4.04. The second-order valence-electron chi connectivity index (χ2n) is 3.62. The normalized spacial score (nSPS) is 9.73. The SMILES string of the molecule is CN(C)c1ccc(CCN=C(N)N)cc1. The van der Waals surface area contributed by atoms with Crippen LogP contribution in [0, 0.1) is 0 Å². The standard InChI is InChI=1S/C11H18N4/c1-15(2)10-5-3-9(4-6-10)7-8-14-11(12)13/h3-6H,7-8H2,1-2H3,(H4,12,13,14). The molecule has 0 aliphatic carbocycles. The van der Waals surface area contributed by atoms with Gasteiger partial charge < -0.3 is 16.4 Å². The first-order valence-corrected chi connectivity index (χ1v) is 4.91. The van der Waals surface area contributed by atoms with Gasteiger partial charge in [-0.25, -0.2) is 0 Å². The second-order valence-corrected chi connectivity index (χ2v) is 3.62. The van der Waals surface area contributed by atoms with Gasteiger partial charge in [0, 0.05) is 26.3 Å². The Morgan fingerprint density at radius 1 is 1.20 bits per heavy atom. The molecule has 15 heavy (non-hydrogen) atoms. The minimum Gasteiger partial charge on any atom is -0.378 e. The van der Waals surface area contributed by atoms with E-state index >= 15 is 0 Å². The Morgan fingerprint density at radius 3 is 2.27 bits per heavy atom. The predicted octanol–water partition coefficient (Wildman–Crippen LogP) is 0.569. The van der Waals surface area contributed by atoms with E-state index in [1.54, 1.807) is 0 Å². The van der Waals surface area contributed by atoms with Crippen molar-refractivity contribution in [2.75, 3.05) is 25.5 Å². The van der Waals surface area contributed by atoms with Crippen molar-refractivity contribution in [3.05, 3.63) is 29.8 Å². The van der Waals surface area contributed by atoms with Crippen LogP contribution in [0.4, 0.5) is 5.69 Å². The molecule has 0 saturated heterocycles. The molecule has 4 N–H and O–H groups in total. The van der Waals surface area contributed by atoms with E-state index in [0.717, 1.165) is 6.42 Å². The fraction of sp³-hybridized carbons (Fsp3) is 0.364. The largest absolute Gasteiger partial charge is 0.378 e. The highest BCUT2D eigenvalue weighted by Gasteiger charge is 1.95. The lowest BCUT2D eigenvalue weighted by atomic mass is 10.1. The monoisotopic (exact) mass is 206 g/mol. The van der Waals surface area contributed by atoms with Gasteiger partial charge in [-0.15, -0.1) is 0 Å². The number of aliphatic imine (C=N–C) groups is 1. The van der Waals surface area contributed by atoms with Crippen LogP contribution < -0.4 is 16.4 Å². The molecule has 0 fully saturated rings. The van der Waals surface area contributed by atoms with Crippen LogP contribution in [0.1, 0.15) is 5.56 Å². The molecule has 0 bridgehead atoms. The van der Waals surface area contributed by atoms with Crippen molar-refractivity contribution >= 4 is 11.6 Å². The minimum atomic E-state index is 0.153. The average Bonchev–Trinajstić information content (AvgIpc) is 2.18. The minimum absolute atomic E-state index is 0.153. The third-order valence-corrected chi connectivity index (χ3v) is 2.15. The lowest BCUT2D eigenvalue weighted by molar-refractivity contribution is 0.961. The Morgan fingerprint density at radius 2 is 1.80 bits per heavy atom. The maximum absolute atomic E-state index is 5.24. The molecule has 4 nitrogen and oxygen atoms in total. The van der Waals surface area contributed by atoms with Crippen LogP contribution in [0.5, 0.6) is 0 Å². The van der Waals surface area contributed by atoms with E-state index in [0.29, 0.717) is 6.54 Å². The van der Waals surface area contributed by atoms with Gasteiger partial charge in [0.15, 0.2) is 5.96 Å². The average molecular weight is 206 g/mol. The fourth-order valence-electron chi connectivity index (χ4n) is 1.27. The molecule has 1 rings (SSSR count). The number of anilines is 1. The van der Waals surface area contributed by atoms with E-state index in [-0.39, 0.29) is 5.96 Å². The van der Waals surface area contributed by atoms with Crippen LogP contribution >= 0.6 is 0 Å². The maximum atomic E-state index is 5.24. The molecule has 1 aromatic rings. The summed E-state index contributed by atoms with van der Waals surface area (Å²) in [4.78, 5) is 6.01. The van der Waals surface area contributed by atoms with Gasteiger partial charge in [0.25, 0.3) is 0 Å². The molecule has 1 aromatic carbocycles. The smallest absolute Gasteiger partial charge is 0.185 e. The van der Waals surface area contributed by atoms with Gasteiger partial charge in [0.1, 0.15) is 0 Å². The summed E-state index contributed by atoms with van der Waals surface area (Å²) in [5.41, 5.74) is 12.9. The van der Waals surface area contributed by atoms with E-state index in [1.165, 1.54) is 11.3 Å². The summed E-state index contributed by atoms with van der Waals surface area (Å²) in [6, 6.07) is 8.37. The molecule has 0 atom stereocenters. The van der Waals surface area contributed by atoms with Crippen molar-refractivity contribution in [1.82, 2.24) is 0 Å². The lowest BCUT2D eigenvalue weighted by Crippen LogP contribution is -2.23. The first-order valence-electron chi connectivity index (χ1n) is 4.91. The lowest BCUT2D eigenvalue weighted by Gasteiger charge is -2.12. The van der Waals surface area contributed by atoms with Crippen molar-refractivity contribution in [3.63, 3.8) is 0 Å². The van der Waals surface area contributed by atoms with Crippen molar-refractivity contribution < 1.29 is 0 Å². The summed E-state index contributed by atoms with van der Waals surface area (Å²) >= 11 is 0. The molecule has 0 spiro atoms. The number of benzene rings is 1. The molecule has 0 aliphatic rings. The van der Waals surface area contributed by atoms with Gasteiger partial charge in [-0.1, -0.05) is 12.1 Å². The molecule has 0 aliphatic heterocycles. The highest BCUT2D eigenvalue weighted by atomic mass is 15.1. The van der Waals surface area contributed by atoms with Crippen LogP contribution in [0.3, 0.4) is 0 Å².